The second-order valence-electron chi connectivity index (χ2n) is 7.69. The van der Waals surface area contributed by atoms with E-state index in [1.54, 1.807) is 12.1 Å². The average Bonchev–Trinajstić information content (AvgIpc) is 2.77. The van der Waals surface area contributed by atoms with Gasteiger partial charge >= 0.3 is 5.97 Å². The summed E-state index contributed by atoms with van der Waals surface area (Å²) in [6, 6.07) is 7.39. The van der Waals surface area contributed by atoms with Crippen LogP contribution in [-0.2, 0) is 14.2 Å². The molecule has 0 bridgehead atoms. The van der Waals surface area contributed by atoms with Gasteiger partial charge in [0.25, 0.3) is 0 Å². The van der Waals surface area contributed by atoms with Crippen LogP contribution in [0.3, 0.4) is 0 Å². The number of hydrogen-bond donors (Lipinski definition) is 1. The topological polar surface area (TPSA) is 56.8 Å². The van der Waals surface area contributed by atoms with Crippen molar-refractivity contribution in [2.45, 2.75) is 78.1 Å². The Morgan fingerprint density at radius 1 is 0.700 bits per heavy atom. The molecule has 0 spiro atoms. The summed E-state index contributed by atoms with van der Waals surface area (Å²) in [6.45, 7) is 7.94. The predicted molar refractivity (Wildman–Crippen MR) is 124 cm³/mol. The van der Waals surface area contributed by atoms with Crippen molar-refractivity contribution in [3.63, 3.8) is 0 Å². The molecule has 0 amide bonds. The fourth-order valence-corrected chi connectivity index (χ4v) is 3.07. The lowest BCUT2D eigenvalue weighted by atomic mass is 10.1. The van der Waals surface area contributed by atoms with Crippen LogP contribution in [0.15, 0.2) is 24.3 Å². The number of rotatable bonds is 20. The first-order valence-electron chi connectivity index (χ1n) is 11.9. The summed E-state index contributed by atoms with van der Waals surface area (Å²) in [5.74, 6) is -0.315. The van der Waals surface area contributed by atoms with E-state index in [4.69, 9.17) is 14.2 Å². The summed E-state index contributed by atoms with van der Waals surface area (Å²) in [5, 5.41) is 3.33. The Labute approximate surface area is 183 Å². The average molecular weight is 422 g/mol. The minimum absolute atomic E-state index is 0.257. The van der Waals surface area contributed by atoms with E-state index in [0.717, 1.165) is 38.1 Å². The molecule has 1 N–H and O–H groups in total. The monoisotopic (exact) mass is 421 g/mol. The maximum absolute atomic E-state index is 12.0. The van der Waals surface area contributed by atoms with Crippen molar-refractivity contribution in [2.24, 2.45) is 0 Å². The minimum atomic E-state index is -0.315. The number of nitrogens with one attached hydrogen (secondary N) is 1. The highest BCUT2D eigenvalue weighted by atomic mass is 16.6. The molecule has 0 heterocycles. The van der Waals surface area contributed by atoms with Gasteiger partial charge in [0, 0.05) is 18.8 Å². The maximum atomic E-state index is 12.0. The molecule has 0 radical (unpaired) electrons. The number of carbonyl (C=O) groups is 1. The van der Waals surface area contributed by atoms with Crippen LogP contribution in [-0.4, -0.2) is 45.5 Å². The van der Waals surface area contributed by atoms with Gasteiger partial charge in [0.15, 0.2) is 0 Å². The molecule has 172 valence electrons. The highest BCUT2D eigenvalue weighted by Gasteiger charge is 2.06. The van der Waals surface area contributed by atoms with Gasteiger partial charge in [-0.1, -0.05) is 65.2 Å². The predicted octanol–water partition coefficient (Wildman–Crippen LogP) is 6.23. The Bertz CT molecular complexity index is 518. The second-order valence-corrected chi connectivity index (χ2v) is 7.69. The zero-order chi connectivity index (χ0) is 21.7. The highest BCUT2D eigenvalue weighted by molar-refractivity contribution is 5.89. The number of ether oxygens (including phenoxy) is 3. The first-order valence-corrected chi connectivity index (χ1v) is 11.9. The Kier molecular flexibility index (Phi) is 17.1. The van der Waals surface area contributed by atoms with Crippen LogP contribution < -0.4 is 5.32 Å². The van der Waals surface area contributed by atoms with Crippen molar-refractivity contribution in [1.29, 1.82) is 0 Å². The highest BCUT2D eigenvalue weighted by Crippen LogP contribution is 2.11. The SMILES string of the molecule is CCCCCCCCCCOCCOCCOC(=O)c1ccc(NCCCC)cc1. The van der Waals surface area contributed by atoms with Gasteiger partial charge in [0.05, 0.1) is 25.4 Å². The molecular formula is C25H43NO4. The lowest BCUT2D eigenvalue weighted by molar-refractivity contribution is 0.0141. The van der Waals surface area contributed by atoms with Crippen LogP contribution in [0, 0.1) is 0 Å². The molecule has 0 saturated heterocycles. The summed E-state index contributed by atoms with van der Waals surface area (Å²) in [6.07, 6.45) is 12.7. The van der Waals surface area contributed by atoms with E-state index in [2.05, 4.69) is 19.2 Å². The van der Waals surface area contributed by atoms with E-state index in [9.17, 15) is 4.79 Å². The molecule has 5 nitrogen and oxygen atoms in total. The third-order valence-electron chi connectivity index (χ3n) is 4.96. The summed E-state index contributed by atoms with van der Waals surface area (Å²) < 4.78 is 16.3. The van der Waals surface area contributed by atoms with Crippen LogP contribution in [0.5, 0.6) is 0 Å². The Balaban J connectivity index is 1.91. The molecule has 0 atom stereocenters. The van der Waals surface area contributed by atoms with Gasteiger partial charge < -0.3 is 19.5 Å². The number of anilines is 1. The van der Waals surface area contributed by atoms with Gasteiger partial charge in [0.1, 0.15) is 6.61 Å². The van der Waals surface area contributed by atoms with Crippen molar-refractivity contribution in [3.8, 4) is 0 Å². The molecule has 0 aromatic heterocycles. The Morgan fingerprint density at radius 3 is 1.93 bits per heavy atom. The largest absolute Gasteiger partial charge is 0.460 e. The smallest absolute Gasteiger partial charge is 0.338 e. The molecule has 0 saturated carbocycles. The molecule has 1 aromatic carbocycles. The maximum Gasteiger partial charge on any atom is 0.338 e. The van der Waals surface area contributed by atoms with Crippen molar-refractivity contribution in [1.82, 2.24) is 0 Å². The lowest BCUT2D eigenvalue weighted by Gasteiger charge is -2.08. The second kappa shape index (κ2) is 19.4. The van der Waals surface area contributed by atoms with Gasteiger partial charge in [0.2, 0.25) is 0 Å². The van der Waals surface area contributed by atoms with E-state index in [0.29, 0.717) is 25.4 Å². The zero-order valence-electron chi connectivity index (χ0n) is 19.3. The molecule has 0 aliphatic heterocycles. The quantitative estimate of drug-likeness (QED) is 0.200. The third kappa shape index (κ3) is 14.4. The first-order chi connectivity index (χ1) is 14.8. The molecule has 0 aliphatic carbocycles. The van der Waals surface area contributed by atoms with Crippen molar-refractivity contribution in [2.75, 3.05) is 44.9 Å². The van der Waals surface area contributed by atoms with Crippen LogP contribution in [0.2, 0.25) is 0 Å². The van der Waals surface area contributed by atoms with Crippen LogP contribution in [0.1, 0.15) is 88.4 Å². The first kappa shape index (κ1) is 26.4. The fourth-order valence-electron chi connectivity index (χ4n) is 3.07. The van der Waals surface area contributed by atoms with Crippen LogP contribution in [0.4, 0.5) is 5.69 Å². The van der Waals surface area contributed by atoms with Crippen molar-refractivity contribution < 1.29 is 19.0 Å². The van der Waals surface area contributed by atoms with Gasteiger partial charge in [-0.05, 0) is 37.1 Å². The Hall–Kier alpha value is -1.59. The van der Waals surface area contributed by atoms with E-state index in [1.807, 2.05) is 12.1 Å². The molecule has 1 aromatic rings. The summed E-state index contributed by atoms with van der Waals surface area (Å²) in [5.41, 5.74) is 1.58. The summed E-state index contributed by atoms with van der Waals surface area (Å²) in [7, 11) is 0. The molecule has 0 unspecified atom stereocenters. The molecule has 0 aliphatic rings. The number of hydrogen-bond acceptors (Lipinski definition) is 5. The van der Waals surface area contributed by atoms with Gasteiger partial charge in [-0.2, -0.15) is 0 Å². The fraction of sp³-hybridized carbons (Fsp3) is 0.720. The molecular weight excluding hydrogens is 378 g/mol. The van der Waals surface area contributed by atoms with E-state index in [1.165, 1.54) is 44.9 Å². The number of esters is 1. The standard InChI is InChI=1S/C25H43NO4/c1-3-5-7-8-9-10-11-12-18-28-19-20-29-21-22-30-25(27)23-13-15-24(16-14-23)26-17-6-4-2/h13-16,26H,3-12,17-22H2,1-2H3. The van der Waals surface area contributed by atoms with Gasteiger partial charge in [-0.25, -0.2) is 4.79 Å². The molecule has 1 rings (SSSR count). The number of unbranched alkanes of at least 4 members (excludes halogenated alkanes) is 8. The van der Waals surface area contributed by atoms with Crippen molar-refractivity contribution in [3.05, 3.63) is 29.8 Å². The number of carbonyl (C=O) groups excluding carboxylic acids is 1. The normalized spacial score (nSPS) is 10.9. The lowest BCUT2D eigenvalue weighted by Crippen LogP contribution is -2.13. The van der Waals surface area contributed by atoms with Gasteiger partial charge in [-0.3, -0.25) is 0 Å². The Morgan fingerprint density at radius 2 is 1.27 bits per heavy atom. The number of benzene rings is 1. The van der Waals surface area contributed by atoms with E-state index < -0.39 is 0 Å². The van der Waals surface area contributed by atoms with Crippen LogP contribution >= 0.6 is 0 Å². The summed E-state index contributed by atoms with van der Waals surface area (Å²) >= 11 is 0. The third-order valence-corrected chi connectivity index (χ3v) is 4.96. The minimum Gasteiger partial charge on any atom is -0.460 e. The van der Waals surface area contributed by atoms with Gasteiger partial charge in [-0.15, -0.1) is 0 Å². The van der Waals surface area contributed by atoms with E-state index >= 15 is 0 Å². The zero-order valence-corrected chi connectivity index (χ0v) is 19.3. The van der Waals surface area contributed by atoms with Crippen LogP contribution in [0.25, 0.3) is 0 Å². The van der Waals surface area contributed by atoms with E-state index in [-0.39, 0.29) is 12.6 Å². The van der Waals surface area contributed by atoms with Crippen molar-refractivity contribution >= 4 is 11.7 Å². The molecule has 0 fully saturated rings. The molecule has 5 heteroatoms. The summed E-state index contributed by atoms with van der Waals surface area (Å²) in [4.78, 5) is 12.0. The molecule has 30 heavy (non-hydrogen) atoms.